The van der Waals surface area contributed by atoms with Crippen molar-refractivity contribution in [2.45, 2.75) is 45.8 Å². The van der Waals surface area contributed by atoms with Crippen LogP contribution in [0.2, 0.25) is 18.1 Å². The van der Waals surface area contributed by atoms with Gasteiger partial charge >= 0.3 is 5.97 Å². The maximum Gasteiger partial charge on any atom is 0.377 e. The lowest BCUT2D eigenvalue weighted by atomic mass is 10.2. The summed E-state index contributed by atoms with van der Waals surface area (Å²) in [4.78, 5) is 11.7. The third-order valence-corrected chi connectivity index (χ3v) is 8.32. The predicted molar refractivity (Wildman–Crippen MR) is 66.4 cm³/mol. The molecular formula is C10H20N4O2Si. The first kappa shape index (κ1) is 13.8. The zero-order valence-electron chi connectivity index (χ0n) is 11.3. The predicted octanol–water partition coefficient (Wildman–Crippen LogP) is 1.70. The lowest BCUT2D eigenvalue weighted by Gasteiger charge is -2.35. The number of tetrazole rings is 1. The molecule has 0 radical (unpaired) electrons. The SMILES string of the molecule is CCOC(=O)c1nnnn1[Si](C)(C)C(C)(C)C. The zero-order chi connectivity index (χ0) is 13.3. The highest BCUT2D eigenvalue weighted by atomic mass is 28.3. The maximum absolute atomic E-state index is 11.7. The Kier molecular flexibility index (Phi) is 3.70. The molecule has 0 atom stereocenters. The lowest BCUT2D eigenvalue weighted by molar-refractivity contribution is 0.0509. The van der Waals surface area contributed by atoms with E-state index in [9.17, 15) is 4.79 Å². The highest BCUT2D eigenvalue weighted by Crippen LogP contribution is 2.36. The van der Waals surface area contributed by atoms with E-state index in [0.717, 1.165) is 0 Å². The Balaban J connectivity index is 3.16. The van der Waals surface area contributed by atoms with E-state index in [1.54, 1.807) is 11.3 Å². The van der Waals surface area contributed by atoms with Gasteiger partial charge in [-0.05, 0) is 30.3 Å². The van der Waals surface area contributed by atoms with Crippen LogP contribution >= 0.6 is 0 Å². The van der Waals surface area contributed by atoms with Crippen LogP contribution in [0.25, 0.3) is 0 Å². The second kappa shape index (κ2) is 4.56. The first-order chi connectivity index (χ1) is 7.71. The van der Waals surface area contributed by atoms with E-state index in [-0.39, 0.29) is 10.9 Å². The Morgan fingerprint density at radius 3 is 2.47 bits per heavy atom. The van der Waals surface area contributed by atoms with Gasteiger partial charge in [0.2, 0.25) is 0 Å². The topological polar surface area (TPSA) is 69.9 Å². The number of ether oxygens (including phenoxy) is 1. The second-order valence-corrected chi connectivity index (χ2v) is 10.5. The third-order valence-electron chi connectivity index (χ3n) is 3.29. The van der Waals surface area contributed by atoms with Crippen molar-refractivity contribution in [3.8, 4) is 0 Å². The van der Waals surface area contributed by atoms with Crippen LogP contribution in [0.5, 0.6) is 0 Å². The van der Waals surface area contributed by atoms with E-state index in [2.05, 4.69) is 49.4 Å². The largest absolute Gasteiger partial charge is 0.460 e. The number of rotatable bonds is 3. The summed E-state index contributed by atoms with van der Waals surface area (Å²) in [5.74, 6) is -0.249. The van der Waals surface area contributed by atoms with E-state index < -0.39 is 14.2 Å². The molecule has 7 heteroatoms. The quantitative estimate of drug-likeness (QED) is 0.608. The van der Waals surface area contributed by atoms with Crippen molar-refractivity contribution in [1.82, 2.24) is 19.9 Å². The molecule has 96 valence electrons. The van der Waals surface area contributed by atoms with Crippen molar-refractivity contribution in [2.75, 3.05) is 6.61 Å². The molecule has 0 bridgehead atoms. The molecule has 0 unspecified atom stereocenters. The molecule has 0 aromatic carbocycles. The van der Waals surface area contributed by atoms with Gasteiger partial charge in [-0.3, -0.25) is 4.35 Å². The minimum absolute atomic E-state index is 0.0453. The normalized spacial score (nSPS) is 12.6. The highest BCUT2D eigenvalue weighted by molar-refractivity contribution is 6.78. The van der Waals surface area contributed by atoms with Crippen LogP contribution < -0.4 is 0 Å². The van der Waals surface area contributed by atoms with Gasteiger partial charge in [0, 0.05) is 0 Å². The van der Waals surface area contributed by atoms with Crippen molar-refractivity contribution in [2.24, 2.45) is 0 Å². The third kappa shape index (κ3) is 2.54. The van der Waals surface area contributed by atoms with Crippen LogP contribution in [0.1, 0.15) is 38.3 Å². The molecule has 0 N–H and O–H groups in total. The van der Waals surface area contributed by atoms with Gasteiger partial charge in [-0.15, -0.1) is 5.10 Å². The van der Waals surface area contributed by atoms with Crippen molar-refractivity contribution in [3.05, 3.63) is 5.82 Å². The minimum atomic E-state index is -1.99. The molecule has 0 spiro atoms. The van der Waals surface area contributed by atoms with Gasteiger partial charge in [0.1, 0.15) is 0 Å². The molecule has 17 heavy (non-hydrogen) atoms. The van der Waals surface area contributed by atoms with Crippen molar-refractivity contribution in [1.29, 1.82) is 0 Å². The maximum atomic E-state index is 11.7. The van der Waals surface area contributed by atoms with Crippen LogP contribution in [-0.2, 0) is 4.74 Å². The van der Waals surface area contributed by atoms with Crippen LogP contribution in [0.3, 0.4) is 0 Å². The van der Waals surface area contributed by atoms with E-state index >= 15 is 0 Å². The Morgan fingerprint density at radius 2 is 2.00 bits per heavy atom. The molecule has 1 aromatic heterocycles. The molecule has 0 saturated heterocycles. The Bertz CT molecular complexity index is 409. The second-order valence-electron chi connectivity index (χ2n) is 5.44. The van der Waals surface area contributed by atoms with Crippen LogP contribution in [0.4, 0.5) is 0 Å². The van der Waals surface area contributed by atoms with E-state index in [1.165, 1.54) is 0 Å². The summed E-state index contributed by atoms with van der Waals surface area (Å²) in [7, 11) is -1.99. The van der Waals surface area contributed by atoms with E-state index in [1.807, 2.05) is 0 Å². The van der Waals surface area contributed by atoms with Gasteiger partial charge in [-0.1, -0.05) is 26.0 Å². The van der Waals surface area contributed by atoms with Gasteiger partial charge in [-0.25, -0.2) is 4.79 Å². The van der Waals surface area contributed by atoms with Gasteiger partial charge in [0.15, 0.2) is 8.24 Å². The van der Waals surface area contributed by atoms with Gasteiger partial charge < -0.3 is 4.74 Å². The monoisotopic (exact) mass is 256 g/mol. The number of hydrogen-bond donors (Lipinski definition) is 0. The highest BCUT2D eigenvalue weighted by Gasteiger charge is 2.42. The first-order valence-corrected chi connectivity index (χ1v) is 8.62. The summed E-state index contributed by atoms with van der Waals surface area (Å²) < 4.78 is 6.63. The average Bonchev–Trinajstić information content (AvgIpc) is 2.64. The molecule has 6 nitrogen and oxygen atoms in total. The first-order valence-electron chi connectivity index (χ1n) is 5.67. The van der Waals surface area contributed by atoms with E-state index in [4.69, 9.17) is 4.74 Å². The molecule has 0 aliphatic rings. The number of nitrogens with zero attached hydrogens (tertiary/aromatic N) is 4. The smallest absolute Gasteiger partial charge is 0.377 e. The summed E-state index contributed by atoms with van der Waals surface area (Å²) in [6.07, 6.45) is 0. The fourth-order valence-electron chi connectivity index (χ4n) is 1.20. The van der Waals surface area contributed by atoms with Crippen molar-refractivity contribution < 1.29 is 9.53 Å². The molecule has 1 rings (SSSR count). The number of carbonyl (C=O) groups is 1. The Labute approximate surface area is 102 Å². The molecule has 0 aliphatic carbocycles. The minimum Gasteiger partial charge on any atom is -0.460 e. The lowest BCUT2D eigenvalue weighted by Crippen LogP contribution is -2.48. The fourth-order valence-corrected chi connectivity index (χ4v) is 2.77. The van der Waals surface area contributed by atoms with Crippen LogP contribution in [0.15, 0.2) is 0 Å². The number of esters is 1. The number of hydrogen-bond acceptors (Lipinski definition) is 5. The summed E-state index contributed by atoms with van der Waals surface area (Å²) in [6.45, 7) is 12.8. The summed E-state index contributed by atoms with van der Waals surface area (Å²) in [5, 5.41) is 11.4. The Hall–Kier alpha value is -1.24. The molecule has 1 aromatic rings. The van der Waals surface area contributed by atoms with Gasteiger partial charge in [0.25, 0.3) is 5.82 Å². The van der Waals surface area contributed by atoms with Gasteiger partial charge in [0.05, 0.1) is 6.61 Å². The summed E-state index contributed by atoms with van der Waals surface area (Å²) >= 11 is 0. The average molecular weight is 256 g/mol. The summed E-state index contributed by atoms with van der Waals surface area (Å²) in [5.41, 5.74) is 0. The molecule has 0 fully saturated rings. The van der Waals surface area contributed by atoms with Gasteiger partial charge in [-0.2, -0.15) is 0 Å². The summed E-state index contributed by atoms with van der Waals surface area (Å²) in [6, 6.07) is 0. The molecule has 0 aliphatic heterocycles. The number of aromatic nitrogens is 4. The molecule has 0 saturated carbocycles. The Morgan fingerprint density at radius 1 is 1.41 bits per heavy atom. The zero-order valence-corrected chi connectivity index (χ0v) is 12.3. The molecule has 0 amide bonds. The van der Waals surface area contributed by atoms with Crippen molar-refractivity contribution in [3.63, 3.8) is 0 Å². The van der Waals surface area contributed by atoms with Crippen LogP contribution in [-0.4, -0.2) is 40.7 Å². The number of carbonyl (C=O) groups excluding carboxylic acids is 1. The van der Waals surface area contributed by atoms with Crippen LogP contribution in [0, 0.1) is 0 Å². The molecular weight excluding hydrogens is 236 g/mol. The fraction of sp³-hybridized carbons (Fsp3) is 0.800. The van der Waals surface area contributed by atoms with Crippen molar-refractivity contribution >= 4 is 14.2 Å². The van der Waals surface area contributed by atoms with E-state index in [0.29, 0.717) is 6.61 Å². The standard InChI is InChI=1S/C10H20N4O2Si/c1-7-16-9(15)8-11-12-13-14(8)17(5,6)10(2,3)4/h7H2,1-6H3. The molecule has 1 heterocycles.